The molecule has 5 nitrogen and oxygen atoms in total. The minimum Gasteiger partial charge on any atom is -0.481 e. The van der Waals surface area contributed by atoms with Gasteiger partial charge in [-0.3, -0.25) is 4.79 Å². The largest absolute Gasteiger partial charge is 0.481 e. The first-order chi connectivity index (χ1) is 8.80. The van der Waals surface area contributed by atoms with Crippen molar-refractivity contribution >= 4 is 33.7 Å². The molecule has 0 fully saturated rings. The van der Waals surface area contributed by atoms with E-state index < -0.39 is 21.9 Å². The summed E-state index contributed by atoms with van der Waals surface area (Å²) in [5, 5.41) is 10.2. The number of hydrogen-bond donors (Lipinski definition) is 2. The Morgan fingerprint density at radius 3 is 2.53 bits per heavy atom. The molecule has 104 valence electrons. The van der Waals surface area contributed by atoms with Crippen LogP contribution in [0.4, 0.5) is 0 Å². The van der Waals surface area contributed by atoms with E-state index >= 15 is 0 Å². The Bertz CT molecular complexity index is 566. The molecule has 0 aliphatic carbocycles. The van der Waals surface area contributed by atoms with Gasteiger partial charge in [0.05, 0.1) is 5.92 Å². The molecule has 1 aromatic rings. The van der Waals surface area contributed by atoms with Gasteiger partial charge >= 0.3 is 5.97 Å². The van der Waals surface area contributed by atoms with Gasteiger partial charge in [-0.2, -0.15) is 0 Å². The minimum atomic E-state index is -3.65. The van der Waals surface area contributed by atoms with E-state index in [9.17, 15) is 13.2 Å². The van der Waals surface area contributed by atoms with Crippen LogP contribution in [0.15, 0.2) is 29.7 Å². The Labute approximate surface area is 117 Å². The van der Waals surface area contributed by atoms with Crippen molar-refractivity contribution in [1.29, 1.82) is 0 Å². The summed E-state index contributed by atoms with van der Waals surface area (Å²) in [5.74, 6) is -1.83. The quantitative estimate of drug-likeness (QED) is 0.841. The third-order valence-corrected chi connectivity index (χ3v) is 3.64. The second-order valence-corrected chi connectivity index (χ2v) is 6.07. The van der Waals surface area contributed by atoms with E-state index in [1.54, 1.807) is 24.3 Å². The number of aliphatic carboxylic acids is 1. The second kappa shape index (κ2) is 6.70. The molecule has 0 aromatic heterocycles. The van der Waals surface area contributed by atoms with Crippen molar-refractivity contribution in [2.75, 3.05) is 6.54 Å². The normalized spacial score (nSPS) is 13.6. The van der Waals surface area contributed by atoms with Gasteiger partial charge in [0.25, 0.3) is 0 Å². The SMILES string of the molecule is CC(CNS(=O)(=O)C=Cc1ccc(Cl)cc1)C(=O)O. The van der Waals surface area contributed by atoms with Gasteiger partial charge in [-0.05, 0) is 23.8 Å². The van der Waals surface area contributed by atoms with Crippen LogP contribution < -0.4 is 4.72 Å². The molecule has 0 saturated carbocycles. The number of benzene rings is 1. The Balaban J connectivity index is 2.64. The zero-order valence-electron chi connectivity index (χ0n) is 10.2. The van der Waals surface area contributed by atoms with E-state index in [1.807, 2.05) is 0 Å². The Morgan fingerprint density at radius 1 is 1.42 bits per heavy atom. The highest BCUT2D eigenvalue weighted by atomic mass is 35.5. The summed E-state index contributed by atoms with van der Waals surface area (Å²) in [6.07, 6.45) is 1.41. The van der Waals surface area contributed by atoms with Gasteiger partial charge in [-0.1, -0.05) is 30.7 Å². The van der Waals surface area contributed by atoms with Gasteiger partial charge in [0.2, 0.25) is 10.0 Å². The molecule has 0 bridgehead atoms. The van der Waals surface area contributed by atoms with Crippen molar-refractivity contribution in [2.45, 2.75) is 6.92 Å². The Morgan fingerprint density at radius 2 is 2.00 bits per heavy atom. The number of sulfonamides is 1. The van der Waals surface area contributed by atoms with Crippen LogP contribution in [0, 0.1) is 5.92 Å². The van der Waals surface area contributed by atoms with Crippen LogP contribution in [0.3, 0.4) is 0 Å². The number of halogens is 1. The van der Waals surface area contributed by atoms with Crippen LogP contribution in [0.5, 0.6) is 0 Å². The lowest BCUT2D eigenvalue weighted by Gasteiger charge is -2.06. The molecular formula is C12H14ClNO4S. The summed E-state index contributed by atoms with van der Waals surface area (Å²) in [4.78, 5) is 10.6. The molecule has 0 spiro atoms. The molecular weight excluding hydrogens is 290 g/mol. The van der Waals surface area contributed by atoms with Gasteiger partial charge < -0.3 is 5.11 Å². The fourth-order valence-corrected chi connectivity index (χ4v) is 2.16. The predicted molar refractivity (Wildman–Crippen MR) is 74.2 cm³/mol. The first-order valence-electron chi connectivity index (χ1n) is 5.46. The predicted octanol–water partition coefficient (Wildman–Crippen LogP) is 1.95. The lowest BCUT2D eigenvalue weighted by molar-refractivity contribution is -0.140. The number of carboxylic acids is 1. The molecule has 0 amide bonds. The van der Waals surface area contributed by atoms with Crippen molar-refractivity contribution in [1.82, 2.24) is 4.72 Å². The molecule has 0 aliphatic rings. The number of hydrogen-bond acceptors (Lipinski definition) is 3. The zero-order chi connectivity index (χ0) is 14.5. The maximum atomic E-state index is 11.6. The maximum Gasteiger partial charge on any atom is 0.307 e. The van der Waals surface area contributed by atoms with Gasteiger partial charge in [-0.15, -0.1) is 0 Å². The van der Waals surface area contributed by atoms with E-state index in [-0.39, 0.29) is 6.54 Å². The first-order valence-corrected chi connectivity index (χ1v) is 7.39. The summed E-state index contributed by atoms with van der Waals surface area (Å²) in [6.45, 7) is 1.27. The van der Waals surface area contributed by atoms with Crippen molar-refractivity contribution in [3.05, 3.63) is 40.3 Å². The molecule has 0 aliphatic heterocycles. The smallest absolute Gasteiger partial charge is 0.307 e. The Kier molecular flexibility index (Phi) is 5.53. The van der Waals surface area contributed by atoms with E-state index in [4.69, 9.17) is 16.7 Å². The molecule has 0 heterocycles. The molecule has 2 N–H and O–H groups in total. The van der Waals surface area contributed by atoms with Gasteiger partial charge in [0, 0.05) is 17.0 Å². The third kappa shape index (κ3) is 5.87. The summed E-state index contributed by atoms with van der Waals surface area (Å²) < 4.78 is 25.4. The number of carboxylic acid groups (broad SMARTS) is 1. The van der Waals surface area contributed by atoms with Gasteiger partial charge in [-0.25, -0.2) is 13.1 Å². The second-order valence-electron chi connectivity index (χ2n) is 3.99. The maximum absolute atomic E-state index is 11.6. The van der Waals surface area contributed by atoms with Crippen LogP contribution in [-0.2, 0) is 14.8 Å². The molecule has 19 heavy (non-hydrogen) atoms. The van der Waals surface area contributed by atoms with Crippen LogP contribution >= 0.6 is 11.6 Å². The molecule has 0 saturated heterocycles. The molecule has 1 rings (SSSR count). The fraction of sp³-hybridized carbons (Fsp3) is 0.250. The average molecular weight is 304 g/mol. The van der Waals surface area contributed by atoms with Crippen LogP contribution in [0.25, 0.3) is 6.08 Å². The number of nitrogens with one attached hydrogen (secondary N) is 1. The zero-order valence-corrected chi connectivity index (χ0v) is 11.8. The highest BCUT2D eigenvalue weighted by Gasteiger charge is 2.13. The monoisotopic (exact) mass is 303 g/mol. The van der Waals surface area contributed by atoms with Crippen LogP contribution in [0.1, 0.15) is 12.5 Å². The highest BCUT2D eigenvalue weighted by molar-refractivity contribution is 7.92. The fourth-order valence-electron chi connectivity index (χ4n) is 1.12. The standard InChI is InChI=1S/C12H14ClNO4S/c1-9(12(15)16)8-14-19(17,18)7-6-10-2-4-11(13)5-3-10/h2-7,9,14H,8H2,1H3,(H,15,16). The van der Waals surface area contributed by atoms with Crippen molar-refractivity contribution in [3.8, 4) is 0 Å². The molecule has 1 atom stereocenters. The number of rotatable bonds is 6. The molecule has 1 aromatic carbocycles. The number of carbonyl (C=O) groups is 1. The van der Waals surface area contributed by atoms with E-state index in [0.717, 1.165) is 5.41 Å². The lowest BCUT2D eigenvalue weighted by Crippen LogP contribution is -2.30. The van der Waals surface area contributed by atoms with E-state index in [1.165, 1.54) is 13.0 Å². The molecule has 0 radical (unpaired) electrons. The summed E-state index contributed by atoms with van der Waals surface area (Å²) in [5.41, 5.74) is 0.682. The van der Waals surface area contributed by atoms with Crippen LogP contribution in [0.2, 0.25) is 5.02 Å². The van der Waals surface area contributed by atoms with Crippen molar-refractivity contribution in [2.24, 2.45) is 5.92 Å². The van der Waals surface area contributed by atoms with Gasteiger partial charge in [0.15, 0.2) is 0 Å². The highest BCUT2D eigenvalue weighted by Crippen LogP contribution is 2.11. The first kappa shape index (κ1) is 15.7. The summed E-state index contributed by atoms with van der Waals surface area (Å²) in [6, 6.07) is 6.64. The average Bonchev–Trinajstić information content (AvgIpc) is 2.35. The van der Waals surface area contributed by atoms with Crippen molar-refractivity contribution in [3.63, 3.8) is 0 Å². The van der Waals surface area contributed by atoms with E-state index in [2.05, 4.69) is 4.72 Å². The molecule has 7 heteroatoms. The minimum absolute atomic E-state index is 0.150. The third-order valence-electron chi connectivity index (χ3n) is 2.32. The van der Waals surface area contributed by atoms with Gasteiger partial charge in [0.1, 0.15) is 0 Å². The van der Waals surface area contributed by atoms with Crippen molar-refractivity contribution < 1.29 is 18.3 Å². The molecule has 1 unspecified atom stereocenters. The van der Waals surface area contributed by atoms with E-state index in [0.29, 0.717) is 10.6 Å². The lowest BCUT2D eigenvalue weighted by atomic mass is 10.2. The topological polar surface area (TPSA) is 83.5 Å². The summed E-state index contributed by atoms with van der Waals surface area (Å²) >= 11 is 5.71. The Hall–Kier alpha value is -1.37. The van der Waals surface area contributed by atoms with Crippen LogP contribution in [-0.4, -0.2) is 26.0 Å². The summed E-state index contributed by atoms with van der Waals surface area (Å²) in [7, 11) is -3.65.